The first kappa shape index (κ1) is 11.4. The SMILES string of the molecule is c1ccc2c(c1)Cc1cc(NCc3ccoc3)ccc1-2. The summed E-state index contributed by atoms with van der Waals surface area (Å²) in [6, 6.07) is 17.3. The van der Waals surface area contributed by atoms with Crippen molar-refractivity contribution in [3.8, 4) is 11.1 Å². The Labute approximate surface area is 118 Å². The summed E-state index contributed by atoms with van der Waals surface area (Å²) in [7, 11) is 0. The van der Waals surface area contributed by atoms with Gasteiger partial charge in [-0.25, -0.2) is 0 Å². The largest absolute Gasteiger partial charge is 0.472 e. The Kier molecular flexibility index (Phi) is 2.59. The van der Waals surface area contributed by atoms with Gasteiger partial charge in [0.2, 0.25) is 0 Å². The van der Waals surface area contributed by atoms with Crippen LogP contribution in [0.1, 0.15) is 16.7 Å². The Hall–Kier alpha value is -2.48. The molecule has 0 spiro atoms. The van der Waals surface area contributed by atoms with Gasteiger partial charge in [0.25, 0.3) is 0 Å². The first-order chi connectivity index (χ1) is 9.90. The summed E-state index contributed by atoms with van der Waals surface area (Å²) in [5.74, 6) is 0. The highest BCUT2D eigenvalue weighted by molar-refractivity contribution is 5.78. The van der Waals surface area contributed by atoms with Crippen LogP contribution >= 0.6 is 0 Å². The number of furan rings is 1. The summed E-state index contributed by atoms with van der Waals surface area (Å²) in [6.07, 6.45) is 4.51. The van der Waals surface area contributed by atoms with Crippen LogP contribution < -0.4 is 5.32 Å². The van der Waals surface area contributed by atoms with E-state index in [2.05, 4.69) is 47.8 Å². The first-order valence-corrected chi connectivity index (χ1v) is 6.86. The molecule has 1 aliphatic rings. The fraction of sp³-hybridized carbons (Fsp3) is 0.111. The van der Waals surface area contributed by atoms with Gasteiger partial charge in [-0.1, -0.05) is 30.3 Å². The highest BCUT2D eigenvalue weighted by atomic mass is 16.3. The first-order valence-electron chi connectivity index (χ1n) is 6.86. The van der Waals surface area contributed by atoms with Crippen molar-refractivity contribution in [2.24, 2.45) is 0 Å². The van der Waals surface area contributed by atoms with Crippen LogP contribution in [-0.4, -0.2) is 0 Å². The van der Waals surface area contributed by atoms with Gasteiger partial charge >= 0.3 is 0 Å². The van der Waals surface area contributed by atoms with Gasteiger partial charge in [-0.3, -0.25) is 0 Å². The molecule has 2 nitrogen and oxygen atoms in total. The van der Waals surface area contributed by atoms with Gasteiger partial charge in [0.15, 0.2) is 0 Å². The number of fused-ring (bicyclic) bond motifs is 3. The van der Waals surface area contributed by atoms with Crippen LogP contribution in [0.3, 0.4) is 0 Å². The third-order valence-electron chi connectivity index (χ3n) is 3.87. The molecule has 0 saturated carbocycles. The lowest BCUT2D eigenvalue weighted by Gasteiger charge is -2.07. The molecule has 1 N–H and O–H groups in total. The van der Waals surface area contributed by atoms with Gasteiger partial charge < -0.3 is 9.73 Å². The smallest absolute Gasteiger partial charge is 0.0952 e. The number of hydrogen-bond acceptors (Lipinski definition) is 2. The second-order valence-electron chi connectivity index (χ2n) is 5.19. The molecule has 1 aliphatic carbocycles. The van der Waals surface area contributed by atoms with E-state index in [1.165, 1.54) is 22.3 Å². The number of anilines is 1. The second-order valence-corrected chi connectivity index (χ2v) is 5.19. The van der Waals surface area contributed by atoms with Crippen LogP contribution in [0.5, 0.6) is 0 Å². The van der Waals surface area contributed by atoms with Gasteiger partial charge in [0.05, 0.1) is 12.5 Å². The molecule has 0 amide bonds. The molecular weight excluding hydrogens is 246 g/mol. The second kappa shape index (κ2) is 4.57. The minimum Gasteiger partial charge on any atom is -0.472 e. The normalized spacial score (nSPS) is 12.0. The predicted octanol–water partition coefficient (Wildman–Crippen LogP) is 4.46. The molecule has 0 atom stereocenters. The van der Waals surface area contributed by atoms with Crippen LogP contribution in [0.4, 0.5) is 5.69 Å². The maximum Gasteiger partial charge on any atom is 0.0952 e. The Morgan fingerprint density at radius 1 is 0.950 bits per heavy atom. The average molecular weight is 261 g/mol. The van der Waals surface area contributed by atoms with Crippen molar-refractivity contribution in [2.45, 2.75) is 13.0 Å². The molecular formula is C18H15NO. The quantitative estimate of drug-likeness (QED) is 0.589. The Bertz CT molecular complexity index is 744. The summed E-state index contributed by atoms with van der Waals surface area (Å²) in [6.45, 7) is 0.794. The fourth-order valence-electron chi connectivity index (χ4n) is 2.85. The zero-order chi connectivity index (χ0) is 13.4. The number of hydrogen-bond donors (Lipinski definition) is 1. The molecule has 1 heterocycles. The highest BCUT2D eigenvalue weighted by Crippen LogP contribution is 2.37. The summed E-state index contributed by atoms with van der Waals surface area (Å²) < 4.78 is 5.08. The van der Waals surface area contributed by atoms with Crippen LogP contribution in [0, 0.1) is 0 Å². The number of rotatable bonds is 3. The van der Waals surface area contributed by atoms with Gasteiger partial charge in [0.1, 0.15) is 0 Å². The van der Waals surface area contributed by atoms with Gasteiger partial charge in [-0.05, 0) is 46.9 Å². The lowest BCUT2D eigenvalue weighted by molar-refractivity contribution is 0.564. The van der Waals surface area contributed by atoms with E-state index in [0.29, 0.717) is 0 Å². The monoisotopic (exact) mass is 261 g/mol. The predicted molar refractivity (Wildman–Crippen MR) is 80.7 cm³/mol. The highest BCUT2D eigenvalue weighted by Gasteiger charge is 2.17. The number of nitrogens with one attached hydrogen (secondary N) is 1. The molecule has 0 bridgehead atoms. The topological polar surface area (TPSA) is 25.2 Å². The van der Waals surface area contributed by atoms with E-state index in [-0.39, 0.29) is 0 Å². The van der Waals surface area contributed by atoms with E-state index in [0.717, 1.165) is 24.2 Å². The van der Waals surface area contributed by atoms with Gasteiger partial charge in [-0.15, -0.1) is 0 Å². The molecule has 0 radical (unpaired) electrons. The van der Waals surface area contributed by atoms with Crippen LogP contribution in [0.25, 0.3) is 11.1 Å². The van der Waals surface area contributed by atoms with E-state index in [1.807, 2.05) is 6.07 Å². The molecule has 0 aliphatic heterocycles. The van der Waals surface area contributed by atoms with E-state index < -0.39 is 0 Å². The maximum absolute atomic E-state index is 5.08. The van der Waals surface area contributed by atoms with Crippen molar-refractivity contribution in [3.63, 3.8) is 0 Å². The molecule has 2 heteroatoms. The van der Waals surface area contributed by atoms with Gasteiger partial charge in [0, 0.05) is 17.8 Å². The zero-order valence-electron chi connectivity index (χ0n) is 11.1. The molecule has 0 unspecified atom stereocenters. The molecule has 0 fully saturated rings. The molecule has 98 valence electrons. The summed E-state index contributed by atoms with van der Waals surface area (Å²) in [5, 5.41) is 3.44. The van der Waals surface area contributed by atoms with Crippen molar-refractivity contribution in [1.82, 2.24) is 0 Å². The van der Waals surface area contributed by atoms with E-state index in [9.17, 15) is 0 Å². The molecule has 3 aromatic rings. The van der Waals surface area contributed by atoms with E-state index in [4.69, 9.17) is 4.42 Å². The Morgan fingerprint density at radius 2 is 1.85 bits per heavy atom. The average Bonchev–Trinajstić information content (AvgIpc) is 3.12. The summed E-state index contributed by atoms with van der Waals surface area (Å²) in [4.78, 5) is 0. The van der Waals surface area contributed by atoms with Crippen molar-refractivity contribution < 1.29 is 4.42 Å². The van der Waals surface area contributed by atoms with Crippen molar-refractivity contribution in [1.29, 1.82) is 0 Å². The van der Waals surface area contributed by atoms with Crippen molar-refractivity contribution in [2.75, 3.05) is 5.32 Å². The summed E-state index contributed by atoms with van der Waals surface area (Å²) >= 11 is 0. The summed E-state index contributed by atoms with van der Waals surface area (Å²) in [5.41, 5.74) is 7.91. The van der Waals surface area contributed by atoms with E-state index in [1.54, 1.807) is 12.5 Å². The molecule has 20 heavy (non-hydrogen) atoms. The van der Waals surface area contributed by atoms with Crippen LogP contribution in [0.2, 0.25) is 0 Å². The standard InChI is InChI=1S/C18H15NO/c1-2-4-17-14(3-1)9-15-10-16(5-6-18(15)17)19-11-13-7-8-20-12-13/h1-8,10,12,19H,9,11H2. The van der Waals surface area contributed by atoms with Crippen molar-refractivity contribution in [3.05, 3.63) is 77.7 Å². The maximum atomic E-state index is 5.08. The van der Waals surface area contributed by atoms with Gasteiger partial charge in [-0.2, -0.15) is 0 Å². The molecule has 4 rings (SSSR count). The Balaban J connectivity index is 1.59. The van der Waals surface area contributed by atoms with Crippen LogP contribution in [-0.2, 0) is 13.0 Å². The Morgan fingerprint density at radius 3 is 2.75 bits per heavy atom. The van der Waals surface area contributed by atoms with Crippen LogP contribution in [0.15, 0.2) is 65.5 Å². The molecule has 2 aromatic carbocycles. The van der Waals surface area contributed by atoms with Crippen molar-refractivity contribution >= 4 is 5.69 Å². The molecule has 0 saturated heterocycles. The lowest BCUT2D eigenvalue weighted by atomic mass is 10.1. The molecule has 1 aromatic heterocycles. The minimum atomic E-state index is 0.794. The van der Waals surface area contributed by atoms with E-state index >= 15 is 0 Å². The zero-order valence-corrected chi connectivity index (χ0v) is 11.1. The lowest BCUT2D eigenvalue weighted by Crippen LogP contribution is -1.98. The third kappa shape index (κ3) is 1.90. The minimum absolute atomic E-state index is 0.794. The fourth-order valence-corrected chi connectivity index (χ4v) is 2.85. The third-order valence-corrected chi connectivity index (χ3v) is 3.87. The number of benzene rings is 2.